The molecule has 0 atom stereocenters. The van der Waals surface area contributed by atoms with Gasteiger partial charge in [-0.3, -0.25) is 0 Å². The fourth-order valence-electron chi connectivity index (χ4n) is 2.91. The van der Waals surface area contributed by atoms with Gasteiger partial charge in [0, 0.05) is 32.2 Å². The molecule has 0 N–H and O–H groups in total. The summed E-state index contributed by atoms with van der Waals surface area (Å²) in [6.07, 6.45) is 3.28. The van der Waals surface area contributed by atoms with Crippen LogP contribution in [0.25, 0.3) is 0 Å². The van der Waals surface area contributed by atoms with Crippen LogP contribution in [0.3, 0.4) is 0 Å². The first-order valence-electron chi connectivity index (χ1n) is 9.02. The molecular weight excluding hydrogens is 288 g/mol. The maximum atomic E-state index is 5.93. The molecule has 1 aromatic carbocycles. The highest BCUT2D eigenvalue weighted by atomic mass is 16.5. The minimum absolute atomic E-state index is 0.690. The van der Waals surface area contributed by atoms with Gasteiger partial charge in [0.1, 0.15) is 11.5 Å². The highest BCUT2D eigenvalue weighted by Gasteiger charge is 2.13. The average Bonchev–Trinajstić information content (AvgIpc) is 2.56. The van der Waals surface area contributed by atoms with Crippen molar-refractivity contribution in [3.63, 3.8) is 0 Å². The number of nitrogens with zero attached hydrogens (tertiary/aromatic N) is 2. The Morgan fingerprint density at radius 2 is 1.83 bits per heavy atom. The number of aryl methyl sites for hydroxylation is 1. The third-order valence-electron chi connectivity index (χ3n) is 4.33. The van der Waals surface area contributed by atoms with Crippen LogP contribution >= 0.6 is 0 Å². The van der Waals surface area contributed by atoms with E-state index in [-0.39, 0.29) is 0 Å². The number of piperazine rings is 1. The quantitative estimate of drug-likeness (QED) is 0.698. The monoisotopic (exact) mass is 320 g/mol. The van der Waals surface area contributed by atoms with E-state index < -0.39 is 0 Å². The van der Waals surface area contributed by atoms with E-state index in [1.54, 1.807) is 0 Å². The predicted octanol–water partition coefficient (Wildman–Crippen LogP) is 3.05. The first-order valence-corrected chi connectivity index (χ1v) is 9.02. The summed E-state index contributed by atoms with van der Waals surface area (Å²) in [6, 6.07) is 6.28. The lowest BCUT2D eigenvalue weighted by Gasteiger charge is -2.32. The first-order chi connectivity index (χ1) is 11.2. The summed E-state index contributed by atoms with van der Waals surface area (Å²) in [6.45, 7) is 11.5. The lowest BCUT2D eigenvalue weighted by atomic mass is 10.1. The molecule has 1 aliphatic heterocycles. The molecule has 0 amide bonds. The zero-order chi connectivity index (χ0) is 16.5. The maximum absolute atomic E-state index is 5.93. The third-order valence-corrected chi connectivity index (χ3v) is 4.33. The largest absolute Gasteiger partial charge is 0.494 e. The van der Waals surface area contributed by atoms with Crippen molar-refractivity contribution in [3.05, 3.63) is 23.8 Å². The van der Waals surface area contributed by atoms with Crippen LogP contribution in [0.4, 0.5) is 0 Å². The van der Waals surface area contributed by atoms with Crippen molar-refractivity contribution >= 4 is 0 Å². The van der Waals surface area contributed by atoms with E-state index in [0.29, 0.717) is 6.61 Å². The molecule has 1 aromatic rings. The van der Waals surface area contributed by atoms with Crippen molar-refractivity contribution in [1.29, 1.82) is 0 Å². The van der Waals surface area contributed by atoms with Crippen molar-refractivity contribution in [2.45, 2.75) is 33.1 Å². The Hall–Kier alpha value is -1.26. The van der Waals surface area contributed by atoms with Crippen molar-refractivity contribution in [3.8, 4) is 11.5 Å². The molecule has 0 bridgehead atoms. The van der Waals surface area contributed by atoms with Gasteiger partial charge in [-0.15, -0.1) is 0 Å². The summed E-state index contributed by atoms with van der Waals surface area (Å²) in [4.78, 5) is 4.97. The van der Waals surface area contributed by atoms with Crippen molar-refractivity contribution in [2.24, 2.45) is 0 Å². The molecule has 0 spiro atoms. The average molecular weight is 320 g/mol. The zero-order valence-electron chi connectivity index (χ0n) is 15.0. The van der Waals surface area contributed by atoms with Gasteiger partial charge in [-0.1, -0.05) is 13.0 Å². The molecular formula is C19H32N2O2. The zero-order valence-corrected chi connectivity index (χ0v) is 15.0. The molecule has 1 heterocycles. The minimum atomic E-state index is 0.690. The molecule has 4 nitrogen and oxygen atoms in total. The van der Waals surface area contributed by atoms with Crippen LogP contribution in [0.5, 0.6) is 11.5 Å². The lowest BCUT2D eigenvalue weighted by molar-refractivity contribution is 0.153. The second kappa shape index (κ2) is 9.78. The van der Waals surface area contributed by atoms with E-state index in [1.165, 1.54) is 44.7 Å². The van der Waals surface area contributed by atoms with E-state index in [1.807, 2.05) is 13.0 Å². The molecule has 2 rings (SSSR count). The Labute approximate surface area is 141 Å². The van der Waals surface area contributed by atoms with E-state index >= 15 is 0 Å². The van der Waals surface area contributed by atoms with Gasteiger partial charge in [-0.2, -0.15) is 0 Å². The topological polar surface area (TPSA) is 24.9 Å². The molecule has 1 saturated heterocycles. The number of hydrogen-bond donors (Lipinski definition) is 0. The van der Waals surface area contributed by atoms with Crippen molar-refractivity contribution in [1.82, 2.24) is 9.80 Å². The Kier molecular flexibility index (Phi) is 7.69. The smallest absolute Gasteiger partial charge is 0.126 e. The molecule has 0 unspecified atom stereocenters. The van der Waals surface area contributed by atoms with Gasteiger partial charge in [-0.05, 0) is 51.4 Å². The lowest BCUT2D eigenvalue weighted by Crippen LogP contribution is -2.44. The summed E-state index contributed by atoms with van der Waals surface area (Å²) in [5.41, 5.74) is 1.30. The number of ether oxygens (including phenoxy) is 2. The van der Waals surface area contributed by atoms with Crippen LogP contribution in [0, 0.1) is 0 Å². The van der Waals surface area contributed by atoms with Crippen LogP contribution in [0.2, 0.25) is 0 Å². The summed E-state index contributed by atoms with van der Waals surface area (Å²) >= 11 is 0. The van der Waals surface area contributed by atoms with E-state index in [0.717, 1.165) is 30.9 Å². The molecule has 23 heavy (non-hydrogen) atoms. The van der Waals surface area contributed by atoms with Gasteiger partial charge >= 0.3 is 0 Å². The van der Waals surface area contributed by atoms with Crippen molar-refractivity contribution < 1.29 is 9.47 Å². The van der Waals surface area contributed by atoms with E-state index in [9.17, 15) is 0 Å². The first kappa shape index (κ1) is 18.1. The highest BCUT2D eigenvalue weighted by Crippen LogP contribution is 2.26. The van der Waals surface area contributed by atoms with Gasteiger partial charge in [0.2, 0.25) is 0 Å². The Morgan fingerprint density at radius 3 is 2.52 bits per heavy atom. The van der Waals surface area contributed by atoms with Crippen LogP contribution in [-0.4, -0.2) is 62.8 Å². The van der Waals surface area contributed by atoms with Crippen LogP contribution in [0.15, 0.2) is 18.2 Å². The second-order valence-corrected chi connectivity index (χ2v) is 6.30. The van der Waals surface area contributed by atoms with Gasteiger partial charge in [-0.25, -0.2) is 0 Å². The Bertz CT molecular complexity index is 457. The fraction of sp³-hybridized carbons (Fsp3) is 0.684. The van der Waals surface area contributed by atoms with Gasteiger partial charge in [0.05, 0.1) is 13.2 Å². The standard InChI is InChI=1S/C19H32N2O2/c1-4-15-23-19-16-18(22-5-2)9-8-17(19)7-6-10-21-13-11-20(3)12-14-21/h8-9,16H,4-7,10-15H2,1-3H3. The van der Waals surface area contributed by atoms with Gasteiger partial charge < -0.3 is 19.3 Å². The summed E-state index contributed by atoms with van der Waals surface area (Å²) < 4.78 is 11.5. The number of hydrogen-bond acceptors (Lipinski definition) is 4. The van der Waals surface area contributed by atoms with Crippen molar-refractivity contribution in [2.75, 3.05) is 53.0 Å². The van der Waals surface area contributed by atoms with Crippen LogP contribution in [0.1, 0.15) is 32.3 Å². The highest BCUT2D eigenvalue weighted by molar-refractivity contribution is 5.41. The molecule has 0 saturated carbocycles. The molecule has 4 heteroatoms. The van der Waals surface area contributed by atoms with Gasteiger partial charge in [0.25, 0.3) is 0 Å². The molecule has 0 aromatic heterocycles. The summed E-state index contributed by atoms with van der Waals surface area (Å²) in [7, 11) is 2.20. The van der Waals surface area contributed by atoms with E-state index in [2.05, 4.69) is 35.9 Å². The number of rotatable bonds is 9. The molecule has 0 aliphatic carbocycles. The SMILES string of the molecule is CCCOc1cc(OCC)ccc1CCCN1CCN(C)CC1. The predicted molar refractivity (Wildman–Crippen MR) is 95.7 cm³/mol. The number of benzene rings is 1. The normalized spacial score (nSPS) is 16.5. The second-order valence-electron chi connectivity index (χ2n) is 6.30. The third kappa shape index (κ3) is 6.04. The fourth-order valence-corrected chi connectivity index (χ4v) is 2.91. The summed E-state index contributed by atoms with van der Waals surface area (Å²) in [5, 5.41) is 0. The maximum Gasteiger partial charge on any atom is 0.126 e. The molecule has 130 valence electrons. The Balaban J connectivity index is 1.87. The van der Waals surface area contributed by atoms with Gasteiger partial charge in [0.15, 0.2) is 0 Å². The van der Waals surface area contributed by atoms with Crippen LogP contribution < -0.4 is 9.47 Å². The minimum Gasteiger partial charge on any atom is -0.494 e. The Morgan fingerprint density at radius 1 is 1.04 bits per heavy atom. The summed E-state index contributed by atoms with van der Waals surface area (Å²) in [5.74, 6) is 1.90. The van der Waals surface area contributed by atoms with E-state index in [4.69, 9.17) is 9.47 Å². The number of likely N-dealkylation sites (N-methyl/N-ethyl adjacent to an activating group) is 1. The van der Waals surface area contributed by atoms with Crippen LogP contribution in [-0.2, 0) is 6.42 Å². The molecule has 0 radical (unpaired) electrons. The molecule has 1 fully saturated rings. The molecule has 1 aliphatic rings.